The Labute approximate surface area is 132 Å². The van der Waals surface area contributed by atoms with E-state index in [4.69, 9.17) is 19.8 Å². The van der Waals surface area contributed by atoms with Crippen molar-refractivity contribution in [2.45, 2.75) is 62.3 Å². The number of rotatable bonds is 6. The van der Waals surface area contributed by atoms with Crippen molar-refractivity contribution in [2.75, 3.05) is 0 Å². The van der Waals surface area contributed by atoms with E-state index in [0.717, 1.165) is 13.8 Å². The van der Waals surface area contributed by atoms with Crippen LogP contribution in [0.4, 0.5) is 0 Å². The zero-order valence-electron chi connectivity index (χ0n) is 12.0. The molecule has 0 spiro atoms. The Hall–Kier alpha value is 0.271. The van der Waals surface area contributed by atoms with E-state index in [0.29, 0.717) is 0 Å². The number of carboxylic acid groups (broad SMARTS) is 2. The largest absolute Gasteiger partial charge is 3.00 e. The average molecular weight is 378 g/mol. The Morgan fingerprint density at radius 3 is 1.28 bits per heavy atom. The van der Waals surface area contributed by atoms with Gasteiger partial charge in [0.05, 0.1) is 0 Å². The van der Waals surface area contributed by atoms with Crippen LogP contribution >= 0.6 is 0 Å². The third kappa shape index (κ3) is 96.5. The molecular weight excluding hydrogens is 354 g/mol. The first kappa shape index (κ1) is 26.8. The number of hydrogen-bond acceptors (Lipinski definition) is 4. The Kier molecular flexibility index (Phi) is 38.6. The summed E-state index contributed by atoms with van der Waals surface area (Å²) in [6.07, 6.45) is 5.84. The van der Waals surface area contributed by atoms with E-state index in [1.807, 2.05) is 0 Å². The van der Waals surface area contributed by atoms with Crippen LogP contribution in [-0.2, 0) is 9.59 Å². The summed E-state index contributed by atoms with van der Waals surface area (Å²) < 4.78 is 3.25. The third-order valence-electron chi connectivity index (χ3n) is 1.41. The molecule has 0 aliphatic heterocycles. The Morgan fingerprint density at radius 1 is 0.889 bits per heavy atom. The minimum atomic E-state index is -1.08. The van der Waals surface area contributed by atoms with Crippen LogP contribution < -0.4 is 10.2 Å². The van der Waals surface area contributed by atoms with E-state index in [9.17, 15) is 0 Å². The topological polar surface area (TPSA) is 80.3 Å². The van der Waals surface area contributed by atoms with Crippen molar-refractivity contribution in [3.63, 3.8) is 0 Å². The van der Waals surface area contributed by atoms with E-state index in [2.05, 4.69) is 13.8 Å². The Balaban J connectivity index is -0.0000000922. The van der Waals surface area contributed by atoms with Gasteiger partial charge in [-0.05, 0) is 13.8 Å². The molecule has 0 aromatic rings. The van der Waals surface area contributed by atoms with Crippen LogP contribution in [0.1, 0.15) is 53.4 Å². The molecule has 0 saturated carbocycles. The second-order valence-electron chi connectivity index (χ2n) is 3.44. The Bertz CT molecular complexity index is 151. The summed E-state index contributed by atoms with van der Waals surface area (Å²) in [6, 6.07) is 0. The van der Waals surface area contributed by atoms with E-state index < -0.39 is 11.9 Å². The van der Waals surface area contributed by atoms with Crippen LogP contribution in [0.3, 0.4) is 0 Å². The first-order valence-electron chi connectivity index (χ1n) is 5.94. The number of carboxylic acids is 2. The molecule has 0 atom stereocenters. The van der Waals surface area contributed by atoms with Gasteiger partial charge in [-0.1, -0.05) is 0 Å². The molecule has 100 valence electrons. The van der Waals surface area contributed by atoms with E-state index >= 15 is 0 Å². The summed E-state index contributed by atoms with van der Waals surface area (Å²) in [6.45, 7) is 6.53. The second kappa shape index (κ2) is 26.0. The van der Waals surface area contributed by atoms with Crippen molar-refractivity contribution in [3.8, 4) is 0 Å². The second-order valence-corrected chi connectivity index (χ2v) is 7.72. The molecule has 6 heteroatoms. The van der Waals surface area contributed by atoms with Gasteiger partial charge in [0, 0.05) is 11.9 Å². The van der Waals surface area contributed by atoms with Gasteiger partial charge in [-0.3, -0.25) is 0 Å². The molecule has 0 unspecified atom stereocenters. The summed E-state index contributed by atoms with van der Waals surface area (Å²) in [4.78, 5) is 17.8. The van der Waals surface area contributed by atoms with Crippen molar-refractivity contribution >= 4 is 50.4 Å². The minimum Gasteiger partial charge on any atom is 3.00 e. The summed E-state index contributed by atoms with van der Waals surface area (Å²) in [5, 5.41) is 17.8. The molecule has 0 fully saturated rings. The first-order valence-corrected chi connectivity index (χ1v) is 9.97. The summed E-state index contributed by atoms with van der Waals surface area (Å²) in [7, 11) is 0. The van der Waals surface area contributed by atoms with Gasteiger partial charge in [0.2, 0.25) is 0 Å². The molecule has 0 aromatic heterocycles. The molecule has 0 saturated heterocycles. The fourth-order valence-corrected chi connectivity index (χ4v) is 4.89. The number of carbonyl (C=O) groups is 2. The van der Waals surface area contributed by atoms with Gasteiger partial charge >= 0.3 is 86.9 Å². The molecule has 0 N–H and O–H groups in total. The molecule has 0 aliphatic carbocycles. The number of carbonyl (C=O) groups excluding carboxylic acids is 2. The van der Waals surface area contributed by atoms with Gasteiger partial charge in [0.25, 0.3) is 0 Å². The predicted molar refractivity (Wildman–Crippen MR) is 72.3 cm³/mol. The SMILES string of the molecule is CC(=O)[O-].CC(=O)[O-].CCC[CH2][Sn+2][CH2]CCC.[Al+3]. The summed E-state index contributed by atoms with van der Waals surface area (Å²) in [5.41, 5.74) is 0. The van der Waals surface area contributed by atoms with Crippen molar-refractivity contribution in [1.82, 2.24) is 0 Å². The van der Waals surface area contributed by atoms with E-state index in [1.165, 1.54) is 25.7 Å². The predicted octanol–water partition coefficient (Wildman–Crippen LogP) is 0.259. The Morgan fingerprint density at radius 2 is 1.11 bits per heavy atom. The molecule has 0 rings (SSSR count). The number of hydrogen-bond donors (Lipinski definition) is 0. The third-order valence-corrected chi connectivity index (χ3v) is 5.45. The normalized spacial score (nSPS) is 7.33. The maximum atomic E-state index is 8.89. The van der Waals surface area contributed by atoms with E-state index in [1.54, 1.807) is 8.87 Å². The van der Waals surface area contributed by atoms with Crippen LogP contribution in [0.15, 0.2) is 0 Å². The molecular formula is C12H24AlO4Sn+3. The van der Waals surface area contributed by atoms with Gasteiger partial charge in [0.15, 0.2) is 0 Å². The fourth-order valence-electron chi connectivity index (χ4n) is 0.729. The average Bonchev–Trinajstić information content (AvgIpc) is 2.16. The molecule has 0 aliphatic rings. The molecule has 0 bridgehead atoms. The molecule has 0 amide bonds. The number of unbranched alkanes of at least 4 members (excludes halogenated alkanes) is 2. The molecule has 0 heterocycles. The zero-order valence-corrected chi connectivity index (χ0v) is 16.0. The maximum Gasteiger partial charge on any atom is 3.00 e. The smallest absolute Gasteiger partial charge is 3.00 e. The molecule has 0 aromatic carbocycles. The monoisotopic (exact) mass is 379 g/mol. The number of aliphatic carboxylic acids is 2. The first-order chi connectivity index (χ1) is 7.88. The van der Waals surface area contributed by atoms with Crippen LogP contribution in [0.2, 0.25) is 8.87 Å². The quantitative estimate of drug-likeness (QED) is 0.491. The van der Waals surface area contributed by atoms with Crippen molar-refractivity contribution < 1.29 is 19.8 Å². The van der Waals surface area contributed by atoms with Crippen molar-refractivity contribution in [1.29, 1.82) is 0 Å². The maximum absolute atomic E-state index is 8.89. The van der Waals surface area contributed by atoms with Crippen LogP contribution in [-0.4, -0.2) is 50.4 Å². The van der Waals surface area contributed by atoms with Gasteiger partial charge in [-0.25, -0.2) is 0 Å². The molecule has 0 radical (unpaired) electrons. The standard InChI is InChI=1S/2C4H9.2C2H4O2.Al.Sn/c2*1-3-4-2;2*1-2(3)4;;/h2*1,3-4H2,2H3;2*1H3,(H,3,4);;/q;;;;+3;+2/p-2. The van der Waals surface area contributed by atoms with Gasteiger partial charge in [0.1, 0.15) is 0 Å². The summed E-state index contributed by atoms with van der Waals surface area (Å²) in [5.74, 6) is -2.17. The fraction of sp³-hybridized carbons (Fsp3) is 0.833. The van der Waals surface area contributed by atoms with Crippen molar-refractivity contribution in [3.05, 3.63) is 0 Å². The summed E-state index contributed by atoms with van der Waals surface area (Å²) >= 11 is 0.149. The van der Waals surface area contributed by atoms with Gasteiger partial charge in [-0.15, -0.1) is 0 Å². The van der Waals surface area contributed by atoms with Crippen molar-refractivity contribution in [2.24, 2.45) is 0 Å². The van der Waals surface area contributed by atoms with Crippen LogP contribution in [0, 0.1) is 0 Å². The zero-order chi connectivity index (χ0) is 14.1. The van der Waals surface area contributed by atoms with Gasteiger partial charge < -0.3 is 19.8 Å². The molecule has 18 heavy (non-hydrogen) atoms. The van der Waals surface area contributed by atoms with E-state index in [-0.39, 0.29) is 38.5 Å². The minimum absolute atomic E-state index is 0. The van der Waals surface area contributed by atoms with Crippen LogP contribution in [0.25, 0.3) is 0 Å². The van der Waals surface area contributed by atoms with Gasteiger partial charge in [-0.2, -0.15) is 0 Å². The molecule has 4 nitrogen and oxygen atoms in total. The van der Waals surface area contributed by atoms with Crippen LogP contribution in [0.5, 0.6) is 0 Å².